The van der Waals surface area contributed by atoms with Crippen LogP contribution in [0.15, 0.2) is 78.9 Å². The van der Waals surface area contributed by atoms with E-state index in [0.29, 0.717) is 18.8 Å². The first-order chi connectivity index (χ1) is 13.1. The number of carbonyl (C=O) groups is 2. The zero-order chi connectivity index (χ0) is 19.1. The average molecular weight is 362 g/mol. The normalized spacial score (nSPS) is 10.2. The number of rotatable bonds is 7. The lowest BCUT2D eigenvalue weighted by atomic mass is 10.1. The molecule has 0 aromatic heterocycles. The summed E-state index contributed by atoms with van der Waals surface area (Å²) in [5.74, 6) is -1.44. The quantitative estimate of drug-likeness (QED) is 0.503. The molecule has 0 unspecified atom stereocenters. The van der Waals surface area contributed by atoms with Crippen LogP contribution in [0.25, 0.3) is 0 Å². The Labute approximate surface area is 156 Å². The van der Waals surface area contributed by atoms with Crippen LogP contribution in [-0.2, 0) is 6.42 Å². The molecule has 0 spiro atoms. The highest BCUT2D eigenvalue weighted by atomic mass is 16.5. The summed E-state index contributed by atoms with van der Waals surface area (Å²) in [4.78, 5) is 23.8. The summed E-state index contributed by atoms with van der Waals surface area (Å²) in [6.07, 6.45) is 0.700. The smallest absolute Gasteiger partial charge is 0.347 e. The molecule has 0 saturated heterocycles. The van der Waals surface area contributed by atoms with E-state index in [1.165, 1.54) is 12.1 Å². The maximum Gasteiger partial charge on any atom is 0.347 e. The lowest BCUT2D eigenvalue weighted by Gasteiger charge is -2.12. The standard InChI is InChI=1S/C22H18O5/c23-21(24)17-10-4-7-13-20(17)27-22(25)18-11-5-6-12-19(18)26-15-14-16-8-2-1-3-9-16/h1-13H,14-15H2,(H,23,24). The van der Waals surface area contributed by atoms with Gasteiger partial charge < -0.3 is 14.6 Å². The fraction of sp³-hybridized carbons (Fsp3) is 0.0909. The molecular formula is C22H18O5. The molecule has 136 valence electrons. The predicted molar refractivity (Wildman–Crippen MR) is 100 cm³/mol. The van der Waals surface area contributed by atoms with Gasteiger partial charge in [-0.25, -0.2) is 9.59 Å². The molecule has 0 fully saturated rings. The first kappa shape index (κ1) is 18.2. The molecule has 27 heavy (non-hydrogen) atoms. The van der Waals surface area contributed by atoms with Gasteiger partial charge in [0.25, 0.3) is 0 Å². The summed E-state index contributed by atoms with van der Waals surface area (Å²) in [6.45, 7) is 0.403. The number of ether oxygens (including phenoxy) is 2. The van der Waals surface area contributed by atoms with Crippen LogP contribution in [0.5, 0.6) is 11.5 Å². The van der Waals surface area contributed by atoms with Crippen molar-refractivity contribution in [1.82, 2.24) is 0 Å². The summed E-state index contributed by atoms with van der Waals surface area (Å²) in [7, 11) is 0. The fourth-order valence-electron chi connectivity index (χ4n) is 2.57. The maximum atomic E-state index is 12.5. The molecule has 5 nitrogen and oxygen atoms in total. The van der Waals surface area contributed by atoms with Crippen LogP contribution in [0.4, 0.5) is 0 Å². The molecule has 0 aliphatic heterocycles. The lowest BCUT2D eigenvalue weighted by molar-refractivity contribution is 0.0680. The Hall–Kier alpha value is -3.60. The van der Waals surface area contributed by atoms with Crippen molar-refractivity contribution >= 4 is 11.9 Å². The molecular weight excluding hydrogens is 344 g/mol. The first-order valence-corrected chi connectivity index (χ1v) is 8.45. The average Bonchev–Trinajstić information content (AvgIpc) is 2.69. The van der Waals surface area contributed by atoms with Gasteiger partial charge in [0, 0.05) is 6.42 Å². The second kappa shape index (κ2) is 8.67. The van der Waals surface area contributed by atoms with Gasteiger partial charge in [-0.15, -0.1) is 0 Å². The largest absolute Gasteiger partial charge is 0.492 e. The number of hydrogen-bond acceptors (Lipinski definition) is 4. The molecule has 0 bridgehead atoms. The molecule has 3 rings (SSSR count). The fourth-order valence-corrected chi connectivity index (χ4v) is 2.57. The van der Waals surface area contributed by atoms with Crippen LogP contribution < -0.4 is 9.47 Å². The highest BCUT2D eigenvalue weighted by Crippen LogP contribution is 2.23. The van der Waals surface area contributed by atoms with E-state index in [4.69, 9.17) is 9.47 Å². The topological polar surface area (TPSA) is 72.8 Å². The van der Waals surface area contributed by atoms with Gasteiger partial charge >= 0.3 is 11.9 Å². The number of aromatic carboxylic acids is 1. The Kier molecular flexibility index (Phi) is 5.84. The highest BCUT2D eigenvalue weighted by Gasteiger charge is 2.18. The summed E-state index contributed by atoms with van der Waals surface area (Å²) in [5, 5.41) is 9.21. The van der Waals surface area contributed by atoms with Crippen LogP contribution in [0, 0.1) is 0 Å². The third-order valence-electron chi connectivity index (χ3n) is 3.92. The summed E-state index contributed by atoms with van der Waals surface area (Å²) in [6, 6.07) is 22.6. The van der Waals surface area contributed by atoms with Gasteiger partial charge in [-0.3, -0.25) is 0 Å². The Bertz CT molecular complexity index is 934. The SMILES string of the molecule is O=C(O)c1ccccc1OC(=O)c1ccccc1OCCc1ccccc1. The minimum Gasteiger partial charge on any atom is -0.492 e. The van der Waals surface area contributed by atoms with Crippen molar-refractivity contribution in [3.05, 3.63) is 95.6 Å². The van der Waals surface area contributed by atoms with Gasteiger partial charge in [0.1, 0.15) is 22.6 Å². The van der Waals surface area contributed by atoms with Crippen molar-refractivity contribution in [2.24, 2.45) is 0 Å². The van der Waals surface area contributed by atoms with E-state index in [2.05, 4.69) is 0 Å². The number of hydrogen-bond donors (Lipinski definition) is 1. The van der Waals surface area contributed by atoms with Crippen LogP contribution in [-0.4, -0.2) is 23.7 Å². The summed E-state index contributed by atoms with van der Waals surface area (Å²) in [5.41, 5.74) is 1.30. The monoisotopic (exact) mass is 362 g/mol. The van der Waals surface area contributed by atoms with Crippen molar-refractivity contribution in [3.8, 4) is 11.5 Å². The Morgan fingerprint density at radius 1 is 0.741 bits per heavy atom. The van der Waals surface area contributed by atoms with Crippen LogP contribution in [0.3, 0.4) is 0 Å². The van der Waals surface area contributed by atoms with Gasteiger partial charge in [0.05, 0.1) is 6.61 Å². The molecule has 1 N–H and O–H groups in total. The number of esters is 1. The first-order valence-electron chi connectivity index (χ1n) is 8.45. The molecule has 5 heteroatoms. The van der Waals surface area contributed by atoms with E-state index in [1.54, 1.807) is 36.4 Å². The van der Waals surface area contributed by atoms with E-state index >= 15 is 0 Å². The maximum absolute atomic E-state index is 12.5. The van der Waals surface area contributed by atoms with E-state index in [0.717, 1.165) is 5.56 Å². The van der Waals surface area contributed by atoms with E-state index in [9.17, 15) is 14.7 Å². The summed E-state index contributed by atoms with van der Waals surface area (Å²) >= 11 is 0. The zero-order valence-corrected chi connectivity index (χ0v) is 14.5. The molecule has 0 amide bonds. The second-order valence-electron chi connectivity index (χ2n) is 5.77. The van der Waals surface area contributed by atoms with Crippen LogP contribution in [0.1, 0.15) is 26.3 Å². The molecule has 3 aromatic rings. The van der Waals surface area contributed by atoms with Gasteiger partial charge in [0.15, 0.2) is 0 Å². The van der Waals surface area contributed by atoms with Crippen molar-refractivity contribution < 1.29 is 24.2 Å². The summed E-state index contributed by atoms with van der Waals surface area (Å²) < 4.78 is 11.1. The molecule has 0 saturated carbocycles. The number of carbonyl (C=O) groups excluding carboxylic acids is 1. The highest BCUT2D eigenvalue weighted by molar-refractivity contribution is 5.96. The van der Waals surface area contributed by atoms with Crippen LogP contribution in [0.2, 0.25) is 0 Å². The molecule has 0 aliphatic rings. The Morgan fingerprint density at radius 2 is 1.33 bits per heavy atom. The molecule has 3 aromatic carbocycles. The van der Waals surface area contributed by atoms with Gasteiger partial charge in [0.2, 0.25) is 0 Å². The number of benzene rings is 3. The number of carboxylic acids is 1. The Morgan fingerprint density at radius 3 is 2.04 bits per heavy atom. The second-order valence-corrected chi connectivity index (χ2v) is 5.77. The van der Waals surface area contributed by atoms with Crippen molar-refractivity contribution in [2.75, 3.05) is 6.61 Å². The van der Waals surface area contributed by atoms with Crippen molar-refractivity contribution in [1.29, 1.82) is 0 Å². The molecule has 0 atom stereocenters. The minimum absolute atomic E-state index is 0.00547. The van der Waals surface area contributed by atoms with Crippen molar-refractivity contribution in [2.45, 2.75) is 6.42 Å². The lowest BCUT2D eigenvalue weighted by Crippen LogP contribution is -2.13. The van der Waals surface area contributed by atoms with Gasteiger partial charge in [-0.2, -0.15) is 0 Å². The number of carboxylic acid groups (broad SMARTS) is 1. The predicted octanol–water partition coefficient (Wildman–Crippen LogP) is 4.23. The van der Waals surface area contributed by atoms with Crippen molar-refractivity contribution in [3.63, 3.8) is 0 Å². The molecule has 0 radical (unpaired) electrons. The minimum atomic E-state index is -1.16. The third-order valence-corrected chi connectivity index (χ3v) is 3.92. The molecule has 0 aliphatic carbocycles. The number of para-hydroxylation sites is 2. The van der Waals surface area contributed by atoms with E-state index in [1.807, 2.05) is 30.3 Å². The Balaban J connectivity index is 1.71. The van der Waals surface area contributed by atoms with Crippen LogP contribution >= 0.6 is 0 Å². The van der Waals surface area contributed by atoms with E-state index in [-0.39, 0.29) is 16.9 Å². The third kappa shape index (κ3) is 4.73. The zero-order valence-electron chi connectivity index (χ0n) is 14.5. The van der Waals surface area contributed by atoms with E-state index < -0.39 is 11.9 Å². The molecule has 0 heterocycles. The van der Waals surface area contributed by atoms with Gasteiger partial charge in [-0.1, -0.05) is 54.6 Å². The van der Waals surface area contributed by atoms with Gasteiger partial charge in [-0.05, 0) is 29.8 Å².